The molecule has 3 aromatic rings. The van der Waals surface area contributed by atoms with Crippen molar-refractivity contribution < 1.29 is 28.7 Å². The molecule has 0 radical (unpaired) electrons. The lowest BCUT2D eigenvalue weighted by atomic mass is 9.95. The maximum atomic E-state index is 12.9. The minimum Gasteiger partial charge on any atom is -0.445 e. The van der Waals surface area contributed by atoms with Crippen molar-refractivity contribution in [1.29, 1.82) is 0 Å². The highest BCUT2D eigenvalue weighted by molar-refractivity contribution is 6.38. The molecule has 0 aliphatic heterocycles. The van der Waals surface area contributed by atoms with Crippen LogP contribution in [-0.2, 0) is 36.9 Å². The van der Waals surface area contributed by atoms with Crippen molar-refractivity contribution in [3.63, 3.8) is 0 Å². The summed E-state index contributed by atoms with van der Waals surface area (Å²) in [5.74, 6) is -3.77. The van der Waals surface area contributed by atoms with Crippen molar-refractivity contribution in [2.24, 2.45) is 11.7 Å². The van der Waals surface area contributed by atoms with Crippen molar-refractivity contribution >= 4 is 40.4 Å². The Morgan fingerprint density at radius 1 is 0.850 bits per heavy atom. The third-order valence-electron chi connectivity index (χ3n) is 6.55. The van der Waals surface area contributed by atoms with Crippen LogP contribution in [0, 0.1) is 5.92 Å². The van der Waals surface area contributed by atoms with E-state index in [1.165, 1.54) is 0 Å². The summed E-state index contributed by atoms with van der Waals surface area (Å²) in [6.07, 6.45) is -0.187. The summed E-state index contributed by atoms with van der Waals surface area (Å²) in [7, 11) is 0. The van der Waals surface area contributed by atoms with E-state index in [-0.39, 0.29) is 18.9 Å². The van der Waals surface area contributed by atoms with Crippen molar-refractivity contribution in [3.05, 3.63) is 83.9 Å². The molecule has 210 valence electrons. The van der Waals surface area contributed by atoms with E-state index in [2.05, 4.69) is 16.0 Å². The van der Waals surface area contributed by atoms with Crippen LogP contribution in [0.15, 0.2) is 72.8 Å². The van der Waals surface area contributed by atoms with E-state index in [4.69, 9.17) is 10.5 Å². The average Bonchev–Trinajstić information content (AvgIpc) is 2.96. The van der Waals surface area contributed by atoms with Gasteiger partial charge in [0.25, 0.3) is 5.91 Å². The number of nitrogens with two attached hydrogens (primary N) is 1. The van der Waals surface area contributed by atoms with Crippen LogP contribution in [0.25, 0.3) is 10.8 Å². The highest BCUT2D eigenvalue weighted by Crippen LogP contribution is 2.17. The molecular weight excluding hydrogens is 512 g/mol. The molecule has 0 saturated heterocycles. The van der Waals surface area contributed by atoms with Crippen LogP contribution >= 0.6 is 0 Å². The molecule has 0 aliphatic rings. The molecule has 40 heavy (non-hydrogen) atoms. The van der Waals surface area contributed by atoms with Crippen molar-refractivity contribution in [2.75, 3.05) is 6.54 Å². The summed E-state index contributed by atoms with van der Waals surface area (Å²) >= 11 is 0. The second-order valence-electron chi connectivity index (χ2n) is 9.52. The summed E-state index contributed by atoms with van der Waals surface area (Å²) < 4.78 is 5.18. The Hall–Kier alpha value is -4.73. The van der Waals surface area contributed by atoms with Gasteiger partial charge in [-0.2, -0.15) is 0 Å². The van der Waals surface area contributed by atoms with E-state index in [0.29, 0.717) is 6.42 Å². The quantitative estimate of drug-likeness (QED) is 0.241. The molecule has 0 bridgehead atoms. The Balaban J connectivity index is 1.53. The number of hydrogen-bond donors (Lipinski definition) is 4. The summed E-state index contributed by atoms with van der Waals surface area (Å²) in [5, 5.41) is 9.24. The number of ether oxygens (including phenoxy) is 1. The van der Waals surface area contributed by atoms with E-state index in [1.54, 1.807) is 31.2 Å². The van der Waals surface area contributed by atoms with Gasteiger partial charge in [-0.05, 0) is 27.8 Å². The standard InChI is InChI=1S/C30H34N4O6/c1-3-19(2)26(34-30(39)40-18-20-9-5-4-6-10-20)27(36)29(38)32-17-25(35)33-24(28(31)37)16-21-13-14-22-11-7-8-12-23(22)15-21/h4-15,19,24,26H,3,16-18H2,1-2H3,(H2,31,37)(H,32,38)(H,33,35)(H,34,39)/t19-,24-,26?/m0/s1. The van der Waals surface area contributed by atoms with Crippen LogP contribution < -0.4 is 21.7 Å². The lowest BCUT2D eigenvalue weighted by Crippen LogP contribution is -2.53. The molecule has 0 heterocycles. The highest BCUT2D eigenvalue weighted by atomic mass is 16.5. The largest absolute Gasteiger partial charge is 0.445 e. The number of benzene rings is 3. The number of ketones is 1. The third-order valence-corrected chi connectivity index (χ3v) is 6.55. The van der Waals surface area contributed by atoms with E-state index in [0.717, 1.165) is 21.9 Å². The van der Waals surface area contributed by atoms with Gasteiger partial charge in [0.1, 0.15) is 18.7 Å². The number of carbonyl (C=O) groups excluding carboxylic acids is 5. The van der Waals surface area contributed by atoms with Gasteiger partial charge in [-0.25, -0.2) is 4.79 Å². The van der Waals surface area contributed by atoms with Gasteiger partial charge in [-0.15, -0.1) is 0 Å². The molecule has 1 unspecified atom stereocenters. The number of Topliss-reactive ketones (excluding diaryl/α,β-unsaturated/α-hetero) is 1. The van der Waals surface area contributed by atoms with Gasteiger partial charge in [-0.1, -0.05) is 93.1 Å². The number of hydrogen-bond acceptors (Lipinski definition) is 6. The maximum Gasteiger partial charge on any atom is 0.408 e. The van der Waals surface area contributed by atoms with Crippen LogP contribution in [0.4, 0.5) is 4.79 Å². The van der Waals surface area contributed by atoms with Crippen LogP contribution in [0.3, 0.4) is 0 Å². The van der Waals surface area contributed by atoms with Gasteiger partial charge < -0.3 is 26.4 Å². The van der Waals surface area contributed by atoms with Crippen LogP contribution in [0.2, 0.25) is 0 Å². The SMILES string of the molecule is CC[C@H](C)C(NC(=O)OCc1ccccc1)C(=O)C(=O)NCC(=O)N[C@@H](Cc1ccc2ccccc2c1)C(N)=O. The predicted molar refractivity (Wildman–Crippen MR) is 150 cm³/mol. The molecule has 3 aromatic carbocycles. The van der Waals surface area contributed by atoms with Gasteiger partial charge in [0.15, 0.2) is 0 Å². The number of alkyl carbamates (subject to hydrolysis) is 1. The topological polar surface area (TPSA) is 157 Å². The fourth-order valence-corrected chi connectivity index (χ4v) is 4.05. The fourth-order valence-electron chi connectivity index (χ4n) is 4.05. The first-order valence-electron chi connectivity index (χ1n) is 13.0. The van der Waals surface area contributed by atoms with Crippen LogP contribution in [-0.4, -0.2) is 48.2 Å². The number of carbonyl (C=O) groups is 5. The second-order valence-corrected chi connectivity index (χ2v) is 9.52. The van der Waals surface area contributed by atoms with Gasteiger partial charge in [-0.3, -0.25) is 19.2 Å². The first-order valence-corrected chi connectivity index (χ1v) is 13.0. The third kappa shape index (κ3) is 8.65. The average molecular weight is 547 g/mol. The smallest absolute Gasteiger partial charge is 0.408 e. The molecule has 0 aliphatic carbocycles. The van der Waals surface area contributed by atoms with E-state index >= 15 is 0 Å². The number of primary amides is 1. The predicted octanol–water partition coefficient (Wildman–Crippen LogP) is 2.38. The van der Waals surface area contributed by atoms with E-state index < -0.39 is 48.2 Å². The lowest BCUT2D eigenvalue weighted by Gasteiger charge is -2.22. The Kier molecular flexibility index (Phi) is 10.8. The fraction of sp³-hybridized carbons (Fsp3) is 0.300. The zero-order chi connectivity index (χ0) is 29.1. The normalized spacial score (nSPS) is 12.9. The highest BCUT2D eigenvalue weighted by Gasteiger charge is 2.31. The number of fused-ring (bicyclic) bond motifs is 1. The molecule has 3 atom stereocenters. The molecule has 10 heteroatoms. The molecule has 10 nitrogen and oxygen atoms in total. The Labute approximate surface area is 232 Å². The molecule has 0 aromatic heterocycles. The van der Waals surface area contributed by atoms with E-state index in [9.17, 15) is 24.0 Å². The van der Waals surface area contributed by atoms with Gasteiger partial charge in [0.05, 0.1) is 6.54 Å². The van der Waals surface area contributed by atoms with Crippen molar-refractivity contribution in [1.82, 2.24) is 16.0 Å². The Morgan fingerprint density at radius 3 is 2.20 bits per heavy atom. The van der Waals surface area contributed by atoms with Crippen LogP contribution in [0.5, 0.6) is 0 Å². The Morgan fingerprint density at radius 2 is 1.52 bits per heavy atom. The van der Waals surface area contributed by atoms with Crippen LogP contribution in [0.1, 0.15) is 31.4 Å². The second kappa shape index (κ2) is 14.4. The van der Waals surface area contributed by atoms with Crippen molar-refractivity contribution in [3.8, 4) is 0 Å². The molecule has 0 saturated carbocycles. The summed E-state index contributed by atoms with van der Waals surface area (Å²) in [5.41, 5.74) is 7.06. The van der Waals surface area contributed by atoms with E-state index in [1.807, 2.05) is 55.5 Å². The molecule has 5 N–H and O–H groups in total. The monoisotopic (exact) mass is 546 g/mol. The van der Waals surface area contributed by atoms with Gasteiger partial charge >= 0.3 is 6.09 Å². The zero-order valence-electron chi connectivity index (χ0n) is 22.5. The summed E-state index contributed by atoms with van der Waals surface area (Å²) in [6, 6.07) is 20.2. The van der Waals surface area contributed by atoms with Crippen molar-refractivity contribution in [2.45, 2.75) is 45.4 Å². The van der Waals surface area contributed by atoms with Gasteiger partial charge in [0, 0.05) is 6.42 Å². The number of amides is 4. The molecule has 0 fully saturated rings. The number of rotatable bonds is 13. The molecule has 3 rings (SSSR count). The zero-order valence-corrected chi connectivity index (χ0v) is 22.5. The first kappa shape index (κ1) is 29.8. The summed E-state index contributed by atoms with van der Waals surface area (Å²) in [6.45, 7) is 2.97. The number of nitrogens with one attached hydrogen (secondary N) is 3. The Bertz CT molecular complexity index is 1360. The summed E-state index contributed by atoms with van der Waals surface area (Å²) in [4.78, 5) is 62.3. The molecule has 0 spiro atoms. The maximum absolute atomic E-state index is 12.9. The first-order chi connectivity index (χ1) is 19.2. The minimum absolute atomic E-state index is 0.000687. The van der Waals surface area contributed by atoms with Gasteiger partial charge in [0.2, 0.25) is 17.6 Å². The lowest BCUT2D eigenvalue weighted by molar-refractivity contribution is -0.140. The molecule has 4 amide bonds. The molecular formula is C30H34N4O6. The minimum atomic E-state index is -1.15.